The minimum absolute atomic E-state index is 0.0687. The molecule has 3 rings (SSSR count). The summed E-state index contributed by atoms with van der Waals surface area (Å²) in [5.74, 6) is 1.23. The molecule has 1 aromatic carbocycles. The molecule has 2 heterocycles. The highest BCUT2D eigenvalue weighted by Crippen LogP contribution is 2.11. The zero-order valence-electron chi connectivity index (χ0n) is 15.8. The maximum Gasteiger partial charge on any atom is 0.234 e. The quantitative estimate of drug-likeness (QED) is 0.585. The van der Waals surface area contributed by atoms with Gasteiger partial charge < -0.3 is 14.2 Å². The van der Waals surface area contributed by atoms with Crippen molar-refractivity contribution in [2.75, 3.05) is 6.54 Å². The van der Waals surface area contributed by atoms with E-state index < -0.39 is 6.04 Å². The second-order valence-corrected chi connectivity index (χ2v) is 6.72. The van der Waals surface area contributed by atoms with Crippen molar-refractivity contribution in [3.63, 3.8) is 0 Å². The molecule has 0 bridgehead atoms. The molecular formula is C22H24N2O4. The summed E-state index contributed by atoms with van der Waals surface area (Å²) in [7, 11) is 0. The third-order valence-electron chi connectivity index (χ3n) is 4.39. The lowest BCUT2D eigenvalue weighted by Crippen LogP contribution is -2.45. The summed E-state index contributed by atoms with van der Waals surface area (Å²) in [6, 6.07) is 16.5. The van der Waals surface area contributed by atoms with Crippen molar-refractivity contribution in [1.82, 2.24) is 10.2 Å². The van der Waals surface area contributed by atoms with E-state index in [1.165, 1.54) is 6.92 Å². The molecule has 2 aromatic heterocycles. The van der Waals surface area contributed by atoms with Gasteiger partial charge >= 0.3 is 0 Å². The SMILES string of the molecule is CC(=O)[C@@H](Cc1ccccc1)NC(=O)CN(Cc1ccco1)Cc1ccco1. The minimum atomic E-state index is -0.552. The van der Waals surface area contributed by atoms with Crippen LogP contribution < -0.4 is 5.32 Å². The summed E-state index contributed by atoms with van der Waals surface area (Å²) in [4.78, 5) is 26.6. The largest absolute Gasteiger partial charge is 0.468 e. The van der Waals surface area contributed by atoms with E-state index in [4.69, 9.17) is 8.83 Å². The van der Waals surface area contributed by atoms with E-state index >= 15 is 0 Å². The van der Waals surface area contributed by atoms with E-state index in [2.05, 4.69) is 5.32 Å². The van der Waals surface area contributed by atoms with Gasteiger partial charge in [0.1, 0.15) is 11.5 Å². The lowest BCUT2D eigenvalue weighted by molar-refractivity contribution is -0.127. The van der Waals surface area contributed by atoms with Crippen molar-refractivity contribution >= 4 is 11.7 Å². The van der Waals surface area contributed by atoms with Crippen molar-refractivity contribution in [3.8, 4) is 0 Å². The van der Waals surface area contributed by atoms with E-state index in [1.807, 2.05) is 59.5 Å². The van der Waals surface area contributed by atoms with Crippen LogP contribution in [0.1, 0.15) is 24.0 Å². The van der Waals surface area contributed by atoms with Gasteiger partial charge in [-0.1, -0.05) is 30.3 Å². The summed E-state index contributed by atoms with van der Waals surface area (Å²) >= 11 is 0. The van der Waals surface area contributed by atoms with Crippen LogP contribution in [0.15, 0.2) is 76.0 Å². The molecule has 1 amide bonds. The highest BCUT2D eigenvalue weighted by atomic mass is 16.3. The summed E-state index contributed by atoms with van der Waals surface area (Å²) in [6.45, 7) is 2.55. The number of furan rings is 2. The van der Waals surface area contributed by atoms with Gasteiger partial charge in [0.25, 0.3) is 0 Å². The molecule has 0 unspecified atom stereocenters. The molecule has 0 fully saturated rings. The normalized spacial score (nSPS) is 12.1. The number of benzene rings is 1. The van der Waals surface area contributed by atoms with E-state index in [0.29, 0.717) is 19.5 Å². The molecule has 0 radical (unpaired) electrons. The van der Waals surface area contributed by atoms with Crippen LogP contribution in [0.2, 0.25) is 0 Å². The fourth-order valence-corrected chi connectivity index (χ4v) is 3.00. The first-order valence-electron chi connectivity index (χ1n) is 9.21. The van der Waals surface area contributed by atoms with E-state index in [1.54, 1.807) is 12.5 Å². The van der Waals surface area contributed by atoms with Gasteiger partial charge in [0.2, 0.25) is 5.91 Å². The first-order valence-corrected chi connectivity index (χ1v) is 9.21. The Morgan fingerprint density at radius 3 is 2.04 bits per heavy atom. The summed E-state index contributed by atoms with van der Waals surface area (Å²) in [6.07, 6.45) is 3.68. The highest BCUT2D eigenvalue weighted by Gasteiger charge is 2.20. The Kier molecular flexibility index (Phi) is 6.81. The predicted molar refractivity (Wildman–Crippen MR) is 104 cm³/mol. The van der Waals surface area contributed by atoms with Crippen molar-refractivity contribution in [2.45, 2.75) is 32.5 Å². The molecule has 1 atom stereocenters. The van der Waals surface area contributed by atoms with Crippen LogP contribution in [0.5, 0.6) is 0 Å². The predicted octanol–water partition coefficient (Wildman–Crippen LogP) is 3.19. The minimum Gasteiger partial charge on any atom is -0.468 e. The molecule has 0 saturated heterocycles. The summed E-state index contributed by atoms with van der Waals surface area (Å²) in [5.41, 5.74) is 1.01. The number of carbonyl (C=O) groups excluding carboxylic acids is 2. The number of amides is 1. The molecule has 0 aliphatic heterocycles. The van der Waals surface area contributed by atoms with E-state index in [9.17, 15) is 9.59 Å². The lowest BCUT2D eigenvalue weighted by Gasteiger charge is -2.22. The number of nitrogens with zero attached hydrogens (tertiary/aromatic N) is 1. The zero-order chi connectivity index (χ0) is 19.8. The number of Topliss-reactive ketones (excluding diaryl/α,β-unsaturated/α-hetero) is 1. The summed E-state index contributed by atoms with van der Waals surface area (Å²) in [5, 5.41) is 2.86. The number of rotatable bonds is 10. The van der Waals surface area contributed by atoms with Crippen molar-refractivity contribution in [3.05, 3.63) is 84.2 Å². The number of carbonyl (C=O) groups is 2. The fourth-order valence-electron chi connectivity index (χ4n) is 3.00. The molecule has 146 valence electrons. The Bertz CT molecular complexity index is 821. The van der Waals surface area contributed by atoms with Crippen LogP contribution in [0, 0.1) is 0 Å². The van der Waals surface area contributed by atoms with Crippen LogP contribution >= 0.6 is 0 Å². The second kappa shape index (κ2) is 9.71. The van der Waals surface area contributed by atoms with Crippen LogP contribution in [0.4, 0.5) is 0 Å². The smallest absolute Gasteiger partial charge is 0.234 e. The first kappa shape index (κ1) is 19.6. The van der Waals surface area contributed by atoms with E-state index in [-0.39, 0.29) is 18.2 Å². The number of nitrogens with one attached hydrogen (secondary N) is 1. The molecule has 6 nitrogen and oxygen atoms in total. The molecule has 28 heavy (non-hydrogen) atoms. The van der Waals surface area contributed by atoms with Crippen LogP contribution in [-0.4, -0.2) is 29.2 Å². The van der Waals surface area contributed by atoms with Crippen LogP contribution in [0.25, 0.3) is 0 Å². The summed E-state index contributed by atoms with van der Waals surface area (Å²) < 4.78 is 10.8. The molecule has 0 aliphatic rings. The highest BCUT2D eigenvalue weighted by molar-refractivity contribution is 5.88. The number of hydrogen-bond donors (Lipinski definition) is 1. The monoisotopic (exact) mass is 380 g/mol. The van der Waals surface area contributed by atoms with Crippen molar-refractivity contribution in [1.29, 1.82) is 0 Å². The standard InChI is InChI=1S/C22H24N2O4/c1-17(25)21(13-18-7-3-2-4-8-18)23-22(26)16-24(14-19-9-5-11-27-19)15-20-10-6-12-28-20/h2-12,21H,13-16H2,1H3,(H,23,26)/t21-/m1/s1. The zero-order valence-corrected chi connectivity index (χ0v) is 15.8. The maximum atomic E-state index is 12.6. The van der Waals surface area contributed by atoms with Crippen LogP contribution in [-0.2, 0) is 29.1 Å². The van der Waals surface area contributed by atoms with Gasteiger partial charge in [-0.15, -0.1) is 0 Å². The Labute approximate surface area is 164 Å². The van der Waals surface area contributed by atoms with Crippen molar-refractivity contribution < 1.29 is 18.4 Å². The van der Waals surface area contributed by atoms with Crippen molar-refractivity contribution in [2.24, 2.45) is 0 Å². The maximum absolute atomic E-state index is 12.6. The van der Waals surface area contributed by atoms with Gasteiger partial charge in [0.15, 0.2) is 5.78 Å². The average Bonchev–Trinajstić information content (AvgIpc) is 3.36. The lowest BCUT2D eigenvalue weighted by atomic mass is 10.0. The molecule has 0 saturated carbocycles. The Hall–Kier alpha value is -3.12. The van der Waals surface area contributed by atoms with Crippen LogP contribution in [0.3, 0.4) is 0 Å². The fraction of sp³-hybridized carbons (Fsp3) is 0.273. The van der Waals surface area contributed by atoms with Gasteiger partial charge in [-0.3, -0.25) is 14.5 Å². The molecule has 6 heteroatoms. The van der Waals surface area contributed by atoms with Gasteiger partial charge in [0.05, 0.1) is 38.2 Å². The number of ketones is 1. The van der Waals surface area contributed by atoms with Gasteiger partial charge in [0, 0.05) is 0 Å². The Morgan fingerprint density at radius 2 is 1.54 bits per heavy atom. The molecule has 3 aromatic rings. The average molecular weight is 380 g/mol. The first-order chi connectivity index (χ1) is 13.6. The third kappa shape index (κ3) is 5.96. The molecule has 0 aliphatic carbocycles. The third-order valence-corrected chi connectivity index (χ3v) is 4.39. The van der Waals surface area contributed by atoms with E-state index in [0.717, 1.165) is 17.1 Å². The Balaban J connectivity index is 1.63. The topological polar surface area (TPSA) is 75.7 Å². The van der Waals surface area contributed by atoms with Gasteiger partial charge in [-0.2, -0.15) is 0 Å². The number of hydrogen-bond acceptors (Lipinski definition) is 5. The van der Waals surface area contributed by atoms with Gasteiger partial charge in [-0.05, 0) is 43.2 Å². The van der Waals surface area contributed by atoms with Gasteiger partial charge in [-0.25, -0.2) is 0 Å². The molecule has 1 N–H and O–H groups in total. The Morgan fingerprint density at radius 1 is 0.929 bits per heavy atom. The second-order valence-electron chi connectivity index (χ2n) is 6.72. The molecular weight excluding hydrogens is 356 g/mol. The molecule has 0 spiro atoms.